The summed E-state index contributed by atoms with van der Waals surface area (Å²) in [5.41, 5.74) is 0. The molecule has 6 heteroatoms. The molecule has 1 aromatic rings. The number of hydrogen-bond donors (Lipinski definition) is 1. The van der Waals surface area contributed by atoms with E-state index in [1.54, 1.807) is 0 Å². The fraction of sp³-hybridized carbons (Fsp3) is 0.714. The van der Waals surface area contributed by atoms with Crippen molar-refractivity contribution in [3.63, 3.8) is 0 Å². The molecule has 0 bridgehead atoms. The standard InChI is InChI=1S/C21H37O5P/c1-2-3-4-5-6-7-8-9-10-11-15-18-25-27(22,23)26-20-19-24-21-16-13-12-14-17-21/h12-14,16-17H,2-11,15,18-20H2,1H3,(H,22,23). The first kappa shape index (κ1) is 24.2. The molecule has 0 aliphatic carbocycles. The molecule has 0 radical (unpaired) electrons. The Labute approximate surface area is 165 Å². The number of para-hydroxylation sites is 1. The van der Waals surface area contributed by atoms with Crippen LogP contribution in [0.4, 0.5) is 0 Å². The van der Waals surface area contributed by atoms with Crippen LogP contribution >= 0.6 is 7.82 Å². The molecule has 0 aromatic heterocycles. The summed E-state index contributed by atoms with van der Waals surface area (Å²) < 4.78 is 27.1. The second-order valence-corrected chi connectivity index (χ2v) is 8.29. The lowest BCUT2D eigenvalue weighted by Gasteiger charge is -2.12. The van der Waals surface area contributed by atoms with E-state index in [1.807, 2.05) is 30.3 Å². The summed E-state index contributed by atoms with van der Waals surface area (Å²) in [4.78, 5) is 9.63. The van der Waals surface area contributed by atoms with Gasteiger partial charge in [-0.1, -0.05) is 89.3 Å². The van der Waals surface area contributed by atoms with E-state index in [2.05, 4.69) is 6.92 Å². The van der Waals surface area contributed by atoms with Crippen LogP contribution in [-0.2, 0) is 13.6 Å². The average molecular weight is 400 g/mol. The zero-order valence-electron chi connectivity index (χ0n) is 16.8. The second kappa shape index (κ2) is 16.1. The Balaban J connectivity index is 1.89. The van der Waals surface area contributed by atoms with Crippen LogP contribution in [0.2, 0.25) is 0 Å². The smallest absolute Gasteiger partial charge is 0.472 e. The Bertz CT molecular complexity index is 495. The van der Waals surface area contributed by atoms with Crippen LogP contribution in [0.3, 0.4) is 0 Å². The highest BCUT2D eigenvalue weighted by Gasteiger charge is 2.20. The number of hydrogen-bond acceptors (Lipinski definition) is 4. The maximum absolute atomic E-state index is 11.8. The van der Waals surface area contributed by atoms with Gasteiger partial charge in [0.25, 0.3) is 0 Å². The summed E-state index contributed by atoms with van der Waals surface area (Å²) in [6.07, 6.45) is 13.5. The van der Waals surface area contributed by atoms with E-state index in [0.717, 1.165) is 19.3 Å². The summed E-state index contributed by atoms with van der Waals surface area (Å²) in [5, 5.41) is 0. The lowest BCUT2D eigenvalue weighted by Crippen LogP contribution is -2.07. The van der Waals surface area contributed by atoms with Crippen LogP contribution in [0.1, 0.15) is 77.6 Å². The van der Waals surface area contributed by atoms with Gasteiger partial charge >= 0.3 is 7.82 Å². The van der Waals surface area contributed by atoms with Crippen molar-refractivity contribution in [2.24, 2.45) is 0 Å². The van der Waals surface area contributed by atoms with Gasteiger partial charge in [0, 0.05) is 0 Å². The van der Waals surface area contributed by atoms with E-state index < -0.39 is 7.82 Å². The van der Waals surface area contributed by atoms with Crippen molar-refractivity contribution in [3.8, 4) is 5.75 Å². The van der Waals surface area contributed by atoms with Crippen molar-refractivity contribution in [2.45, 2.75) is 77.6 Å². The molecule has 1 atom stereocenters. The third kappa shape index (κ3) is 14.8. The van der Waals surface area contributed by atoms with Gasteiger partial charge in [0.1, 0.15) is 12.4 Å². The molecule has 1 aromatic carbocycles. The van der Waals surface area contributed by atoms with Crippen molar-refractivity contribution < 1.29 is 23.2 Å². The van der Waals surface area contributed by atoms with Gasteiger partial charge in [-0.3, -0.25) is 9.05 Å². The van der Waals surface area contributed by atoms with Gasteiger partial charge in [0.2, 0.25) is 0 Å². The first-order valence-electron chi connectivity index (χ1n) is 10.4. The molecule has 0 fully saturated rings. The van der Waals surface area contributed by atoms with E-state index in [-0.39, 0.29) is 19.8 Å². The third-order valence-corrected chi connectivity index (χ3v) is 5.37. The fourth-order valence-corrected chi connectivity index (χ4v) is 3.55. The molecule has 0 aliphatic rings. The highest BCUT2D eigenvalue weighted by Crippen LogP contribution is 2.43. The number of ether oxygens (including phenoxy) is 1. The SMILES string of the molecule is CCCCCCCCCCCCCOP(=O)(O)OCCOc1ccccc1. The van der Waals surface area contributed by atoms with Crippen LogP contribution in [0.15, 0.2) is 30.3 Å². The van der Waals surface area contributed by atoms with E-state index in [9.17, 15) is 9.46 Å². The summed E-state index contributed by atoms with van der Waals surface area (Å²) in [6, 6.07) is 9.27. The van der Waals surface area contributed by atoms with Gasteiger partial charge < -0.3 is 9.63 Å². The number of benzene rings is 1. The van der Waals surface area contributed by atoms with Crippen LogP contribution in [0.5, 0.6) is 5.75 Å². The van der Waals surface area contributed by atoms with E-state index in [1.165, 1.54) is 51.4 Å². The van der Waals surface area contributed by atoms with Gasteiger partial charge in [-0.15, -0.1) is 0 Å². The Kier molecular flexibility index (Phi) is 14.4. The highest BCUT2D eigenvalue weighted by atomic mass is 31.2. The Morgan fingerprint density at radius 2 is 1.26 bits per heavy atom. The molecular weight excluding hydrogens is 363 g/mol. The molecular formula is C21H37O5P. The Morgan fingerprint density at radius 3 is 1.85 bits per heavy atom. The molecule has 0 spiro atoms. The minimum Gasteiger partial charge on any atom is -0.491 e. The molecule has 1 rings (SSSR count). The van der Waals surface area contributed by atoms with Crippen LogP contribution in [-0.4, -0.2) is 24.7 Å². The average Bonchev–Trinajstić information content (AvgIpc) is 2.67. The molecule has 1 unspecified atom stereocenters. The first-order chi connectivity index (χ1) is 13.1. The normalized spacial score (nSPS) is 13.4. The van der Waals surface area contributed by atoms with Crippen molar-refractivity contribution >= 4 is 7.82 Å². The van der Waals surface area contributed by atoms with Crippen molar-refractivity contribution in [1.29, 1.82) is 0 Å². The Morgan fingerprint density at radius 1 is 0.741 bits per heavy atom. The minimum absolute atomic E-state index is 0.0148. The highest BCUT2D eigenvalue weighted by molar-refractivity contribution is 7.47. The van der Waals surface area contributed by atoms with E-state index in [0.29, 0.717) is 5.75 Å². The lowest BCUT2D eigenvalue weighted by atomic mass is 10.1. The predicted octanol–water partition coefficient (Wildman–Crippen LogP) is 6.51. The maximum atomic E-state index is 11.8. The fourth-order valence-electron chi connectivity index (χ4n) is 2.81. The summed E-state index contributed by atoms with van der Waals surface area (Å²) in [5.74, 6) is 0.704. The van der Waals surface area contributed by atoms with Crippen LogP contribution in [0, 0.1) is 0 Å². The van der Waals surface area contributed by atoms with Gasteiger partial charge in [0.05, 0.1) is 13.2 Å². The number of phosphoric ester groups is 1. The summed E-state index contributed by atoms with van der Waals surface area (Å²) in [6.45, 7) is 2.72. The van der Waals surface area contributed by atoms with Crippen molar-refractivity contribution in [2.75, 3.05) is 19.8 Å². The largest absolute Gasteiger partial charge is 0.491 e. The topological polar surface area (TPSA) is 65.0 Å². The summed E-state index contributed by atoms with van der Waals surface area (Å²) >= 11 is 0. The van der Waals surface area contributed by atoms with Crippen LogP contribution < -0.4 is 4.74 Å². The number of phosphoric acid groups is 1. The predicted molar refractivity (Wildman–Crippen MR) is 110 cm³/mol. The molecule has 0 saturated carbocycles. The molecule has 1 N–H and O–H groups in total. The van der Waals surface area contributed by atoms with Gasteiger partial charge in [-0.25, -0.2) is 4.57 Å². The molecule has 5 nitrogen and oxygen atoms in total. The number of unbranched alkanes of at least 4 members (excludes halogenated alkanes) is 10. The summed E-state index contributed by atoms with van der Waals surface area (Å²) in [7, 11) is -3.97. The van der Waals surface area contributed by atoms with Gasteiger partial charge in [-0.05, 0) is 18.6 Å². The maximum Gasteiger partial charge on any atom is 0.472 e. The number of rotatable bonds is 18. The quantitative estimate of drug-likeness (QED) is 0.225. The van der Waals surface area contributed by atoms with Gasteiger partial charge in [0.15, 0.2) is 0 Å². The second-order valence-electron chi connectivity index (χ2n) is 6.83. The molecule has 0 heterocycles. The first-order valence-corrected chi connectivity index (χ1v) is 11.9. The zero-order chi connectivity index (χ0) is 19.6. The lowest BCUT2D eigenvalue weighted by molar-refractivity contribution is 0.127. The van der Waals surface area contributed by atoms with Crippen LogP contribution in [0.25, 0.3) is 0 Å². The molecule has 0 amide bonds. The Hall–Kier alpha value is -0.870. The molecule has 27 heavy (non-hydrogen) atoms. The van der Waals surface area contributed by atoms with E-state index in [4.69, 9.17) is 13.8 Å². The monoisotopic (exact) mass is 400 g/mol. The van der Waals surface area contributed by atoms with Gasteiger partial charge in [-0.2, -0.15) is 0 Å². The molecule has 0 aliphatic heterocycles. The van der Waals surface area contributed by atoms with E-state index >= 15 is 0 Å². The molecule has 0 saturated heterocycles. The third-order valence-electron chi connectivity index (χ3n) is 4.35. The van der Waals surface area contributed by atoms with Crippen molar-refractivity contribution in [1.82, 2.24) is 0 Å². The molecule has 156 valence electrons. The van der Waals surface area contributed by atoms with Crippen molar-refractivity contribution in [3.05, 3.63) is 30.3 Å². The zero-order valence-corrected chi connectivity index (χ0v) is 17.7. The minimum atomic E-state index is -3.97.